The highest BCUT2D eigenvalue weighted by molar-refractivity contribution is 6.07. The van der Waals surface area contributed by atoms with Gasteiger partial charge in [-0.1, -0.05) is 24.3 Å². The van der Waals surface area contributed by atoms with E-state index in [9.17, 15) is 9.59 Å². The molecule has 0 saturated heterocycles. The lowest BCUT2D eigenvalue weighted by molar-refractivity contribution is 0.0364. The minimum Gasteiger partial charge on any atom is -0.311 e. The molecule has 2 aromatic carbocycles. The standard InChI is InChI=1S/C17H18N2O3/c1-3-22-18-16(20)13-8-7-9-14(12-13)17(21)19(2)15-10-5-4-6-11-15/h4-12H,3H2,1-2H3,(H,18,20). The molecule has 114 valence electrons. The fourth-order valence-electron chi connectivity index (χ4n) is 1.95. The van der Waals surface area contributed by atoms with Crippen LogP contribution in [0.25, 0.3) is 0 Å². The van der Waals surface area contributed by atoms with Gasteiger partial charge in [-0.05, 0) is 37.3 Å². The van der Waals surface area contributed by atoms with Gasteiger partial charge in [0.1, 0.15) is 0 Å². The lowest BCUT2D eigenvalue weighted by Gasteiger charge is -2.17. The second-order valence-electron chi connectivity index (χ2n) is 4.64. The van der Waals surface area contributed by atoms with Gasteiger partial charge in [-0.25, -0.2) is 5.48 Å². The quantitative estimate of drug-likeness (QED) is 0.863. The third kappa shape index (κ3) is 3.71. The van der Waals surface area contributed by atoms with E-state index in [1.807, 2.05) is 30.3 Å². The fraction of sp³-hybridized carbons (Fsp3) is 0.176. The molecule has 0 radical (unpaired) electrons. The first-order valence-corrected chi connectivity index (χ1v) is 6.98. The van der Waals surface area contributed by atoms with Crippen molar-refractivity contribution < 1.29 is 14.4 Å². The van der Waals surface area contributed by atoms with Crippen LogP contribution in [0.1, 0.15) is 27.6 Å². The zero-order chi connectivity index (χ0) is 15.9. The van der Waals surface area contributed by atoms with Crippen LogP contribution in [-0.4, -0.2) is 25.5 Å². The van der Waals surface area contributed by atoms with Gasteiger partial charge in [0.2, 0.25) is 0 Å². The average molecular weight is 298 g/mol. The van der Waals surface area contributed by atoms with Gasteiger partial charge < -0.3 is 4.90 Å². The van der Waals surface area contributed by atoms with Crippen LogP contribution in [0, 0.1) is 0 Å². The number of nitrogens with zero attached hydrogens (tertiary/aromatic N) is 1. The molecule has 1 N–H and O–H groups in total. The number of hydroxylamine groups is 1. The van der Waals surface area contributed by atoms with Crippen molar-refractivity contribution in [3.05, 3.63) is 65.7 Å². The number of nitrogens with one attached hydrogen (secondary N) is 1. The monoisotopic (exact) mass is 298 g/mol. The summed E-state index contributed by atoms with van der Waals surface area (Å²) in [6, 6.07) is 15.9. The SMILES string of the molecule is CCONC(=O)c1cccc(C(=O)N(C)c2ccccc2)c1. The molecule has 0 bridgehead atoms. The van der Waals surface area contributed by atoms with Crippen LogP contribution in [0.5, 0.6) is 0 Å². The molecule has 5 nitrogen and oxygen atoms in total. The maximum absolute atomic E-state index is 12.5. The molecule has 2 amide bonds. The minimum atomic E-state index is -0.376. The molecule has 0 fully saturated rings. The summed E-state index contributed by atoms with van der Waals surface area (Å²) in [6.45, 7) is 2.15. The topological polar surface area (TPSA) is 58.6 Å². The van der Waals surface area contributed by atoms with Gasteiger partial charge in [0.25, 0.3) is 11.8 Å². The van der Waals surface area contributed by atoms with Crippen LogP contribution in [0.4, 0.5) is 5.69 Å². The van der Waals surface area contributed by atoms with Gasteiger partial charge in [0.05, 0.1) is 6.61 Å². The van der Waals surface area contributed by atoms with Gasteiger partial charge >= 0.3 is 0 Å². The van der Waals surface area contributed by atoms with Crippen LogP contribution in [0.15, 0.2) is 54.6 Å². The number of anilines is 1. The summed E-state index contributed by atoms with van der Waals surface area (Å²) in [6.07, 6.45) is 0. The third-order valence-electron chi connectivity index (χ3n) is 3.13. The molecule has 2 aromatic rings. The predicted molar refractivity (Wildman–Crippen MR) is 84.7 cm³/mol. The molecule has 0 aliphatic heterocycles. The zero-order valence-corrected chi connectivity index (χ0v) is 12.6. The van der Waals surface area contributed by atoms with Gasteiger partial charge in [0, 0.05) is 23.9 Å². The van der Waals surface area contributed by atoms with E-state index in [0.717, 1.165) is 5.69 Å². The van der Waals surface area contributed by atoms with Crippen molar-refractivity contribution in [1.82, 2.24) is 5.48 Å². The number of hydrogen-bond acceptors (Lipinski definition) is 3. The van der Waals surface area contributed by atoms with Crippen molar-refractivity contribution in [1.29, 1.82) is 0 Å². The molecule has 22 heavy (non-hydrogen) atoms. The Morgan fingerprint density at radius 3 is 2.41 bits per heavy atom. The van der Waals surface area contributed by atoms with E-state index in [4.69, 9.17) is 4.84 Å². The van der Waals surface area contributed by atoms with E-state index in [-0.39, 0.29) is 11.8 Å². The number of amides is 2. The maximum Gasteiger partial charge on any atom is 0.274 e. The lowest BCUT2D eigenvalue weighted by Crippen LogP contribution is -2.27. The lowest BCUT2D eigenvalue weighted by atomic mass is 10.1. The molecule has 0 unspecified atom stereocenters. The van der Waals surface area contributed by atoms with E-state index >= 15 is 0 Å². The molecule has 0 aliphatic carbocycles. The summed E-state index contributed by atoms with van der Waals surface area (Å²) in [7, 11) is 1.70. The number of para-hydroxylation sites is 1. The van der Waals surface area contributed by atoms with Crippen molar-refractivity contribution in [3.63, 3.8) is 0 Å². The average Bonchev–Trinajstić information content (AvgIpc) is 2.59. The molecule has 5 heteroatoms. The van der Waals surface area contributed by atoms with Crippen LogP contribution in [0.3, 0.4) is 0 Å². The van der Waals surface area contributed by atoms with Crippen LogP contribution in [0.2, 0.25) is 0 Å². The van der Waals surface area contributed by atoms with E-state index in [0.29, 0.717) is 17.7 Å². The van der Waals surface area contributed by atoms with Gasteiger partial charge in [-0.15, -0.1) is 0 Å². The zero-order valence-electron chi connectivity index (χ0n) is 12.6. The summed E-state index contributed by atoms with van der Waals surface area (Å²) in [5.74, 6) is -0.559. The molecule has 2 rings (SSSR count). The number of hydrogen-bond donors (Lipinski definition) is 1. The second kappa shape index (κ2) is 7.38. The highest BCUT2D eigenvalue weighted by Gasteiger charge is 2.15. The summed E-state index contributed by atoms with van der Waals surface area (Å²) in [5, 5.41) is 0. The molecule has 0 saturated carbocycles. The Labute approximate surface area is 129 Å². The van der Waals surface area contributed by atoms with Crippen LogP contribution < -0.4 is 10.4 Å². The van der Waals surface area contributed by atoms with Gasteiger partial charge in [-0.3, -0.25) is 14.4 Å². The molecule has 0 spiro atoms. The van der Waals surface area contributed by atoms with E-state index in [1.54, 1.807) is 43.1 Å². The second-order valence-corrected chi connectivity index (χ2v) is 4.64. The van der Waals surface area contributed by atoms with Crippen molar-refractivity contribution in [2.45, 2.75) is 6.92 Å². The van der Waals surface area contributed by atoms with Crippen LogP contribution in [-0.2, 0) is 4.84 Å². The smallest absolute Gasteiger partial charge is 0.274 e. The number of benzene rings is 2. The Morgan fingerprint density at radius 2 is 1.73 bits per heavy atom. The van der Waals surface area contributed by atoms with Crippen molar-refractivity contribution in [3.8, 4) is 0 Å². The number of rotatable bonds is 5. The first-order chi connectivity index (χ1) is 10.6. The Morgan fingerprint density at radius 1 is 1.05 bits per heavy atom. The molecule has 0 atom stereocenters. The minimum absolute atomic E-state index is 0.183. The van der Waals surface area contributed by atoms with E-state index in [2.05, 4.69) is 5.48 Å². The highest BCUT2D eigenvalue weighted by Crippen LogP contribution is 2.15. The summed E-state index contributed by atoms with van der Waals surface area (Å²) in [4.78, 5) is 30.8. The molecular formula is C17H18N2O3. The Hall–Kier alpha value is -2.66. The maximum atomic E-state index is 12.5. The predicted octanol–water partition coefficient (Wildman–Crippen LogP) is 2.64. The first kappa shape index (κ1) is 15.7. The Bertz CT molecular complexity index is 656. The number of carbonyl (C=O) groups is 2. The summed E-state index contributed by atoms with van der Waals surface area (Å²) in [5.41, 5.74) is 3.92. The Kier molecular flexibility index (Phi) is 5.27. The van der Waals surface area contributed by atoms with E-state index < -0.39 is 0 Å². The number of carbonyl (C=O) groups excluding carboxylic acids is 2. The van der Waals surface area contributed by atoms with Gasteiger partial charge in [0.15, 0.2) is 0 Å². The van der Waals surface area contributed by atoms with E-state index in [1.165, 1.54) is 0 Å². The van der Waals surface area contributed by atoms with Gasteiger partial charge in [-0.2, -0.15) is 0 Å². The Balaban J connectivity index is 2.18. The largest absolute Gasteiger partial charge is 0.311 e. The fourth-order valence-corrected chi connectivity index (χ4v) is 1.95. The van der Waals surface area contributed by atoms with Crippen molar-refractivity contribution in [2.75, 3.05) is 18.6 Å². The molecule has 0 aromatic heterocycles. The molecule has 0 aliphatic rings. The molecular weight excluding hydrogens is 280 g/mol. The highest BCUT2D eigenvalue weighted by atomic mass is 16.6. The summed E-state index contributed by atoms with van der Waals surface area (Å²) >= 11 is 0. The van der Waals surface area contributed by atoms with Crippen molar-refractivity contribution >= 4 is 17.5 Å². The normalized spacial score (nSPS) is 10.1. The molecule has 0 heterocycles. The first-order valence-electron chi connectivity index (χ1n) is 6.98. The van der Waals surface area contributed by atoms with Crippen LogP contribution >= 0.6 is 0 Å². The third-order valence-corrected chi connectivity index (χ3v) is 3.13. The van der Waals surface area contributed by atoms with Crippen molar-refractivity contribution in [2.24, 2.45) is 0 Å². The summed E-state index contributed by atoms with van der Waals surface area (Å²) < 4.78 is 0.